The SMILES string of the molecule is CCC.CCCCCC(=O)CCOC(=O)CCCC[Si](OC)(OC)OC.CCCCCCCNCCC[Si](OC)(OC)OC.CCCCCNCCC[Si](C)(OCC)OCC.CCCCN(C)CCC[Si](OC)(OC)OC.CCCCN(CCO)CCC[Si](OC)(OC)OC.CCCCN(CO)CCN(CO)CCC[Si](OC)(OC)OC.CCCCNC=O.CCCCNCCC[Si](OC)(OC)OC.O=[Si]=O. The van der Waals surface area contributed by atoms with E-state index in [-0.39, 0.29) is 38.4 Å². The summed E-state index contributed by atoms with van der Waals surface area (Å²) in [5, 5.41) is 40.7. The summed E-state index contributed by atoms with van der Waals surface area (Å²) in [6, 6.07) is 5.91. The number of rotatable bonds is 91. The fourth-order valence-electron chi connectivity index (χ4n) is 13.7. The van der Waals surface area contributed by atoms with Crippen molar-refractivity contribution in [2.45, 2.75) is 344 Å². The van der Waals surface area contributed by atoms with Gasteiger partial charge in [0.05, 0.1) is 26.7 Å². The van der Waals surface area contributed by atoms with Gasteiger partial charge in [-0.15, -0.1) is 0 Å². The maximum Gasteiger partial charge on any atom is 0.549 e. The smallest absolute Gasteiger partial charge is 0.465 e. The lowest BCUT2D eigenvalue weighted by Gasteiger charge is -2.27. The Morgan fingerprint density at radius 1 is 0.303 bits per heavy atom. The van der Waals surface area contributed by atoms with Crippen molar-refractivity contribution in [2.75, 3.05) is 280 Å². The van der Waals surface area contributed by atoms with Crippen LogP contribution in [0.2, 0.25) is 48.9 Å². The van der Waals surface area contributed by atoms with Gasteiger partial charge in [0.15, 0.2) is 0 Å². The van der Waals surface area contributed by atoms with Crippen LogP contribution in [0, 0.1) is 0 Å². The molecule has 0 rings (SSSR count). The largest absolute Gasteiger partial charge is 0.549 e. The van der Waals surface area contributed by atoms with E-state index in [0.717, 1.165) is 244 Å². The quantitative estimate of drug-likeness (QED) is 0.00977. The molecule has 37 nitrogen and oxygen atoms in total. The Morgan fingerprint density at radius 3 is 0.915 bits per heavy atom. The molecular weight excluding hydrogens is 1970 g/mol. The van der Waals surface area contributed by atoms with Crippen molar-refractivity contribution >= 4 is 88.8 Å². The maximum absolute atomic E-state index is 11.6. The van der Waals surface area contributed by atoms with Crippen LogP contribution >= 0.6 is 0 Å². The molecule has 0 saturated heterocycles. The molecule has 0 unspecified atom stereocenters. The minimum Gasteiger partial charge on any atom is -0.465 e. The van der Waals surface area contributed by atoms with Crippen molar-refractivity contribution in [3.05, 3.63) is 0 Å². The van der Waals surface area contributed by atoms with Crippen LogP contribution in [-0.4, -0.2) is 403 Å². The molecule has 0 aromatic carbocycles. The number of aliphatic hydroxyl groups is 3. The normalized spacial score (nSPS) is 11.6. The number of aliphatic hydroxyl groups excluding tert-OH is 3. The Kier molecular flexibility index (Phi) is 140. The zero-order valence-electron chi connectivity index (χ0n) is 97.2. The first-order chi connectivity index (χ1) is 68.4. The number of esters is 1. The molecule has 7 N–H and O–H groups in total. The number of Topliss-reactive ketones (excluding diaryl/α,β-unsaturated/α-hetero) is 1. The molecule has 0 aromatic heterocycles. The number of ketones is 1. The van der Waals surface area contributed by atoms with E-state index in [2.05, 4.69) is 114 Å². The Bertz CT molecular complexity index is 2450. The van der Waals surface area contributed by atoms with Crippen molar-refractivity contribution in [3.8, 4) is 0 Å². The fraction of sp³-hybridized carbons (Fsp3) is 0.969. The van der Waals surface area contributed by atoms with Gasteiger partial charge in [0, 0.05) is 236 Å². The van der Waals surface area contributed by atoms with Crippen molar-refractivity contribution < 1.29 is 132 Å². The highest BCUT2D eigenvalue weighted by Gasteiger charge is 2.42. The van der Waals surface area contributed by atoms with Crippen LogP contribution in [0.3, 0.4) is 0 Å². The summed E-state index contributed by atoms with van der Waals surface area (Å²) in [6.07, 6.45) is 36.2. The number of amides is 1. The third kappa shape index (κ3) is 103. The number of ether oxygens (including phenoxy) is 1. The first-order valence-corrected chi connectivity index (χ1v) is 68.1. The molecule has 862 valence electrons. The monoisotopic (exact) mass is 2190 g/mol. The number of nitrogens with zero attached hydrogens (tertiary/aromatic N) is 4. The lowest BCUT2D eigenvalue weighted by atomic mass is 10.1. The lowest BCUT2D eigenvalue weighted by Crippen LogP contribution is -2.43. The molecule has 0 heterocycles. The van der Waals surface area contributed by atoms with E-state index in [1.807, 2.05) is 23.6 Å². The molecule has 0 spiro atoms. The molecule has 0 aliphatic rings. The molecule has 0 radical (unpaired) electrons. The van der Waals surface area contributed by atoms with Gasteiger partial charge in [-0.25, -0.2) is 0 Å². The summed E-state index contributed by atoms with van der Waals surface area (Å²) in [6.45, 7) is 45.3. The Labute approximate surface area is 879 Å². The molecule has 142 heavy (non-hydrogen) atoms. The highest BCUT2D eigenvalue weighted by Crippen LogP contribution is 2.23. The van der Waals surface area contributed by atoms with Gasteiger partial charge in [-0.2, -0.15) is 0 Å². The molecule has 0 aliphatic heterocycles. The molecule has 0 fully saturated rings. The predicted octanol–water partition coefficient (Wildman–Crippen LogP) is 16.1. The maximum atomic E-state index is 11.6. The Morgan fingerprint density at radius 2 is 0.570 bits per heavy atom. The molecular formula is C97H228N8O29Si8. The van der Waals surface area contributed by atoms with Gasteiger partial charge < -0.3 is 140 Å². The number of carbonyl (C=O) groups excluding carboxylic acids is 3. The second-order valence-electron chi connectivity index (χ2n) is 34.0. The van der Waals surface area contributed by atoms with Crippen LogP contribution in [0.4, 0.5) is 0 Å². The van der Waals surface area contributed by atoms with Crippen LogP contribution in [-0.2, 0) is 117 Å². The molecule has 45 heteroatoms. The van der Waals surface area contributed by atoms with E-state index in [0.29, 0.717) is 37.8 Å². The molecule has 0 bridgehead atoms. The van der Waals surface area contributed by atoms with Crippen molar-refractivity contribution in [1.29, 1.82) is 0 Å². The third-order valence-electron chi connectivity index (χ3n) is 22.9. The van der Waals surface area contributed by atoms with E-state index in [4.69, 9.17) is 107 Å². The van der Waals surface area contributed by atoms with Crippen LogP contribution in [0.15, 0.2) is 0 Å². The van der Waals surface area contributed by atoms with Crippen molar-refractivity contribution in [2.24, 2.45) is 0 Å². The van der Waals surface area contributed by atoms with Crippen LogP contribution in [0.25, 0.3) is 0 Å². The van der Waals surface area contributed by atoms with E-state index in [9.17, 15) is 24.6 Å². The van der Waals surface area contributed by atoms with Gasteiger partial charge in [0.25, 0.3) is 0 Å². The summed E-state index contributed by atoms with van der Waals surface area (Å²) in [7, 11) is 13.8. The predicted molar refractivity (Wildman–Crippen MR) is 592 cm³/mol. The molecule has 0 aliphatic carbocycles. The minimum absolute atomic E-state index is 0.00848. The third-order valence-corrected chi connectivity index (χ3v) is 42.9. The summed E-state index contributed by atoms with van der Waals surface area (Å²) in [4.78, 5) is 41.3. The number of nitrogens with one attached hydrogen (secondary N) is 4. The van der Waals surface area contributed by atoms with Crippen molar-refractivity contribution in [1.82, 2.24) is 40.9 Å². The van der Waals surface area contributed by atoms with Crippen LogP contribution < -0.4 is 21.3 Å². The topological polar surface area (TPSA) is 401 Å². The van der Waals surface area contributed by atoms with Gasteiger partial charge in [-0.3, -0.25) is 33.1 Å². The highest BCUT2D eigenvalue weighted by atomic mass is 28.4. The van der Waals surface area contributed by atoms with Gasteiger partial charge in [0.1, 0.15) is 5.78 Å². The molecule has 1 amide bonds. The van der Waals surface area contributed by atoms with Crippen LogP contribution in [0.5, 0.6) is 0 Å². The molecule has 0 saturated carbocycles. The first kappa shape index (κ1) is 161. The van der Waals surface area contributed by atoms with Gasteiger partial charge >= 0.3 is 76.6 Å². The average Bonchev–Trinajstić information content (AvgIpc) is 0.872. The average molecular weight is 2200 g/mol. The summed E-state index contributed by atoms with van der Waals surface area (Å²) < 4.78 is 130. The van der Waals surface area contributed by atoms with E-state index in [1.54, 1.807) is 128 Å². The highest BCUT2D eigenvalue weighted by molar-refractivity contribution is 6.66. The standard InChI is InChI=1S/C16H32O6Si.C14H34N2O5Si.C13H31NO3Si.C13H31NO2Si.C12H29NO4Si.C11H27NO3Si.C10H25NO3Si.C5H11NO.C3H8.O2Si/c1-5-6-7-10-15(17)12-13-22-16(18)11-8-9-14-23(19-2,20-3)21-4;1-5-6-8-15(13-17)10-11-16(14-18)9-7-12-22(19-2,20-3)21-4;1-5-6-7-8-9-11-14-12-10-13-18(15-2,16-3)17-4;1-5-8-9-11-14-12-10-13-17(4,15-6-2)16-7-3;1-5-6-8-13(10-11-14)9-7-12-18(15-2,16-3)17-4;1-6-7-9-12(2)10-8-11-16(13-3,14-4)15-5;1-5-6-8-11-9-7-10-15(12-2,13-3)14-4;1-2-3-4-6-5-7;2*1-3-2/h5-14H2,1-4H3;17-18H,5-14H2,1-4H3;14H,5-13H2,1-4H3;14H,5-13H2,1-4H3;14H,5-12H2,1-4H3;6-11H2,1-5H3;11H,5-10H2,1-4H3;5H,2-4H2,1H3,(H,6,7);3H2,1-2H3;. The summed E-state index contributed by atoms with van der Waals surface area (Å²) in [5.41, 5.74) is 0. The minimum atomic E-state index is -2.54. The molecule has 0 atom stereocenters. The Balaban J connectivity index is -0.000000176. The Hall–Kier alpha value is -1.25. The lowest BCUT2D eigenvalue weighted by molar-refractivity contribution is -0.144. The van der Waals surface area contributed by atoms with E-state index >= 15 is 0 Å². The summed E-state index contributed by atoms with van der Waals surface area (Å²) in [5.74, 6) is -0.0896. The fourth-order valence-corrected chi connectivity index (χ4v) is 26.5. The number of unbranched alkanes of at least 4 members (excludes halogenated alkanes) is 14. The molecule has 0 aromatic rings. The number of hydrogen-bond donors (Lipinski definition) is 7. The zero-order chi connectivity index (χ0) is 110. The van der Waals surface area contributed by atoms with Gasteiger partial charge in [-0.1, -0.05) is 159 Å². The first-order valence-electron chi connectivity index (χ1n) is 53.2. The zero-order valence-corrected chi connectivity index (χ0v) is 105. The van der Waals surface area contributed by atoms with Gasteiger partial charge in [-0.05, 0) is 202 Å². The van der Waals surface area contributed by atoms with E-state index < -0.39 is 70.7 Å². The second-order valence-corrected chi connectivity index (χ2v) is 56.0. The number of carbonyl (C=O) groups is 3. The summed E-state index contributed by atoms with van der Waals surface area (Å²) >= 11 is 0. The van der Waals surface area contributed by atoms with Crippen LogP contribution in [0.1, 0.15) is 295 Å². The second kappa shape index (κ2) is 123. The van der Waals surface area contributed by atoms with Gasteiger partial charge in [0.2, 0.25) is 6.41 Å². The number of hydrogen-bond acceptors (Lipinski definition) is 36. The van der Waals surface area contributed by atoms with Crippen molar-refractivity contribution in [3.63, 3.8) is 0 Å². The van der Waals surface area contributed by atoms with E-state index in [1.165, 1.54) is 96.3 Å².